The maximum Gasteiger partial charge on any atom is 0.232 e. The quantitative estimate of drug-likeness (QED) is 0.747. The molecule has 0 atom stereocenters. The number of piperidine rings is 1. The predicted octanol–water partition coefficient (Wildman–Crippen LogP) is 3.75. The van der Waals surface area contributed by atoms with Crippen molar-refractivity contribution in [2.24, 2.45) is 5.92 Å². The summed E-state index contributed by atoms with van der Waals surface area (Å²) in [6, 6.07) is 8.34. The number of benzene rings is 1. The molecule has 22 heavy (non-hydrogen) atoms. The van der Waals surface area contributed by atoms with Gasteiger partial charge in [-0.15, -0.1) is 11.8 Å². The van der Waals surface area contributed by atoms with Gasteiger partial charge < -0.3 is 9.64 Å². The number of ether oxygens (including phenoxy) is 1. The summed E-state index contributed by atoms with van der Waals surface area (Å²) >= 11 is 1.62. The zero-order valence-corrected chi connectivity index (χ0v) is 14.7. The molecule has 122 valence electrons. The van der Waals surface area contributed by atoms with Gasteiger partial charge in [-0.25, -0.2) is 0 Å². The van der Waals surface area contributed by atoms with Gasteiger partial charge in [-0.1, -0.05) is 31.5 Å². The van der Waals surface area contributed by atoms with Crippen LogP contribution < -0.4 is 0 Å². The van der Waals surface area contributed by atoms with Crippen LogP contribution in [-0.2, 0) is 9.53 Å². The number of hydrogen-bond acceptors (Lipinski definition) is 3. The first-order valence-electron chi connectivity index (χ1n) is 8.13. The third-order valence-electron chi connectivity index (χ3n) is 3.84. The standard InChI is InChI=1S/C18H27NO2S/c1-14(2)12-21-16-8-10-19(11-9-16)18(20)13-22-17-6-4-15(3)5-7-17/h4-7,14,16H,8-13H2,1-3H3. The van der Waals surface area contributed by atoms with E-state index in [2.05, 4.69) is 45.0 Å². The van der Waals surface area contributed by atoms with Gasteiger partial charge in [0.15, 0.2) is 0 Å². The van der Waals surface area contributed by atoms with Gasteiger partial charge >= 0.3 is 0 Å². The molecule has 0 aliphatic carbocycles. The molecular weight excluding hydrogens is 294 g/mol. The molecule has 0 radical (unpaired) electrons. The van der Waals surface area contributed by atoms with Crippen molar-refractivity contribution >= 4 is 17.7 Å². The van der Waals surface area contributed by atoms with Gasteiger partial charge in [-0.05, 0) is 37.8 Å². The van der Waals surface area contributed by atoms with E-state index < -0.39 is 0 Å². The summed E-state index contributed by atoms with van der Waals surface area (Å²) in [5, 5.41) is 0. The molecule has 3 nitrogen and oxygen atoms in total. The Morgan fingerprint density at radius 2 is 1.91 bits per heavy atom. The summed E-state index contributed by atoms with van der Waals surface area (Å²) in [5.74, 6) is 1.35. The van der Waals surface area contributed by atoms with Crippen molar-refractivity contribution in [1.29, 1.82) is 0 Å². The number of rotatable bonds is 6. The summed E-state index contributed by atoms with van der Waals surface area (Å²) in [7, 11) is 0. The highest BCUT2D eigenvalue weighted by atomic mass is 32.2. The monoisotopic (exact) mass is 321 g/mol. The van der Waals surface area contributed by atoms with Crippen molar-refractivity contribution in [2.45, 2.75) is 44.6 Å². The summed E-state index contributed by atoms with van der Waals surface area (Å²) in [4.78, 5) is 15.4. The minimum absolute atomic E-state index is 0.243. The lowest BCUT2D eigenvalue weighted by Crippen LogP contribution is -2.42. The average molecular weight is 321 g/mol. The number of amides is 1. The fourth-order valence-electron chi connectivity index (χ4n) is 2.47. The number of hydrogen-bond donors (Lipinski definition) is 0. The van der Waals surface area contributed by atoms with Crippen molar-refractivity contribution in [1.82, 2.24) is 4.90 Å². The van der Waals surface area contributed by atoms with Crippen molar-refractivity contribution in [3.8, 4) is 0 Å². The maximum atomic E-state index is 12.3. The maximum absolute atomic E-state index is 12.3. The number of carbonyl (C=O) groups is 1. The highest BCUT2D eigenvalue weighted by molar-refractivity contribution is 8.00. The fraction of sp³-hybridized carbons (Fsp3) is 0.611. The summed E-state index contributed by atoms with van der Waals surface area (Å²) in [5.41, 5.74) is 1.25. The van der Waals surface area contributed by atoms with Gasteiger partial charge in [0, 0.05) is 24.6 Å². The molecular formula is C18H27NO2S. The number of thioether (sulfide) groups is 1. The van der Waals surface area contributed by atoms with Crippen molar-refractivity contribution in [2.75, 3.05) is 25.4 Å². The van der Waals surface area contributed by atoms with Gasteiger partial charge in [0.05, 0.1) is 11.9 Å². The molecule has 4 heteroatoms. The number of nitrogens with zero attached hydrogens (tertiary/aromatic N) is 1. The number of carbonyl (C=O) groups excluding carboxylic acids is 1. The van der Waals surface area contributed by atoms with E-state index in [1.54, 1.807) is 11.8 Å². The van der Waals surface area contributed by atoms with Crippen LogP contribution in [0.15, 0.2) is 29.2 Å². The Morgan fingerprint density at radius 3 is 2.50 bits per heavy atom. The lowest BCUT2D eigenvalue weighted by atomic mass is 10.1. The van der Waals surface area contributed by atoms with Crippen LogP contribution in [0.2, 0.25) is 0 Å². The fourth-order valence-corrected chi connectivity index (χ4v) is 3.27. The van der Waals surface area contributed by atoms with Gasteiger partial charge in [0.1, 0.15) is 0 Å². The first-order chi connectivity index (χ1) is 10.5. The second-order valence-electron chi connectivity index (χ2n) is 6.41. The third-order valence-corrected chi connectivity index (χ3v) is 4.84. The van der Waals surface area contributed by atoms with E-state index in [1.807, 2.05) is 4.90 Å². The first-order valence-corrected chi connectivity index (χ1v) is 9.12. The molecule has 0 spiro atoms. The zero-order chi connectivity index (χ0) is 15.9. The normalized spacial score (nSPS) is 16.3. The third kappa shape index (κ3) is 5.65. The van der Waals surface area contributed by atoms with Gasteiger partial charge in [-0.2, -0.15) is 0 Å². The Balaban J connectivity index is 1.69. The van der Waals surface area contributed by atoms with E-state index in [1.165, 1.54) is 5.56 Å². The predicted molar refractivity (Wildman–Crippen MR) is 92.3 cm³/mol. The van der Waals surface area contributed by atoms with E-state index in [0.29, 0.717) is 17.8 Å². The molecule has 1 aromatic carbocycles. The molecule has 2 rings (SSSR count). The summed E-state index contributed by atoms with van der Waals surface area (Å²) < 4.78 is 5.87. The van der Waals surface area contributed by atoms with Crippen LogP contribution in [0.4, 0.5) is 0 Å². The van der Waals surface area contributed by atoms with Gasteiger partial charge in [0.2, 0.25) is 5.91 Å². The van der Waals surface area contributed by atoms with E-state index in [-0.39, 0.29) is 5.91 Å². The topological polar surface area (TPSA) is 29.5 Å². The van der Waals surface area contributed by atoms with Crippen LogP contribution in [0.25, 0.3) is 0 Å². The van der Waals surface area contributed by atoms with Crippen LogP contribution in [0.3, 0.4) is 0 Å². The van der Waals surface area contributed by atoms with Gasteiger partial charge in [-0.3, -0.25) is 4.79 Å². The van der Waals surface area contributed by atoms with Crippen LogP contribution in [0, 0.1) is 12.8 Å². The molecule has 1 fully saturated rings. The molecule has 1 aliphatic rings. The highest BCUT2D eigenvalue weighted by Gasteiger charge is 2.23. The molecule has 0 bridgehead atoms. The minimum atomic E-state index is 0.243. The molecule has 0 unspecified atom stereocenters. The molecule has 1 aliphatic heterocycles. The Hall–Kier alpha value is -1.00. The van der Waals surface area contributed by atoms with Crippen molar-refractivity contribution in [3.05, 3.63) is 29.8 Å². The molecule has 1 saturated heterocycles. The molecule has 0 N–H and O–H groups in total. The Morgan fingerprint density at radius 1 is 1.27 bits per heavy atom. The van der Waals surface area contributed by atoms with Gasteiger partial charge in [0.25, 0.3) is 0 Å². The SMILES string of the molecule is Cc1ccc(SCC(=O)N2CCC(OCC(C)C)CC2)cc1. The largest absolute Gasteiger partial charge is 0.378 e. The second kappa shape index (κ2) is 8.59. The van der Waals surface area contributed by atoms with E-state index in [4.69, 9.17) is 4.74 Å². The second-order valence-corrected chi connectivity index (χ2v) is 7.46. The van der Waals surface area contributed by atoms with Crippen molar-refractivity contribution < 1.29 is 9.53 Å². The number of aryl methyl sites for hydroxylation is 1. The highest BCUT2D eigenvalue weighted by Crippen LogP contribution is 2.20. The van der Waals surface area contributed by atoms with Crippen LogP contribution in [0.1, 0.15) is 32.3 Å². The lowest BCUT2D eigenvalue weighted by molar-refractivity contribution is -0.131. The number of likely N-dealkylation sites (tertiary alicyclic amines) is 1. The lowest BCUT2D eigenvalue weighted by Gasteiger charge is -2.32. The molecule has 0 aromatic heterocycles. The zero-order valence-electron chi connectivity index (χ0n) is 13.9. The summed E-state index contributed by atoms with van der Waals surface area (Å²) in [6.07, 6.45) is 2.26. The molecule has 0 saturated carbocycles. The van der Waals surface area contributed by atoms with Crippen LogP contribution in [-0.4, -0.2) is 42.4 Å². The minimum Gasteiger partial charge on any atom is -0.378 e. The van der Waals surface area contributed by atoms with E-state index >= 15 is 0 Å². The first kappa shape index (κ1) is 17.4. The van der Waals surface area contributed by atoms with Crippen LogP contribution >= 0.6 is 11.8 Å². The average Bonchev–Trinajstić information content (AvgIpc) is 2.52. The molecule has 1 heterocycles. The smallest absolute Gasteiger partial charge is 0.232 e. The van der Waals surface area contributed by atoms with E-state index in [9.17, 15) is 4.79 Å². The van der Waals surface area contributed by atoms with E-state index in [0.717, 1.165) is 37.4 Å². The molecule has 1 aromatic rings. The van der Waals surface area contributed by atoms with Crippen molar-refractivity contribution in [3.63, 3.8) is 0 Å². The Kier molecular flexibility index (Phi) is 6.77. The Labute approximate surface area is 138 Å². The Bertz CT molecular complexity index is 464. The molecule has 1 amide bonds. The van der Waals surface area contributed by atoms with Crippen LogP contribution in [0.5, 0.6) is 0 Å². The summed E-state index contributed by atoms with van der Waals surface area (Å²) in [6.45, 7) is 8.89.